The smallest absolute Gasteiger partial charge is 0.306 e. The Kier molecular flexibility index (Phi) is 6.75. The van der Waals surface area contributed by atoms with Crippen LogP contribution in [0, 0.1) is 0 Å². The van der Waals surface area contributed by atoms with Gasteiger partial charge in [0.1, 0.15) is 4.99 Å². The van der Waals surface area contributed by atoms with Crippen LogP contribution >= 0.6 is 24.0 Å². The molecule has 98 valence electrons. The van der Waals surface area contributed by atoms with Gasteiger partial charge in [-0.25, -0.2) is 0 Å². The summed E-state index contributed by atoms with van der Waals surface area (Å²) in [5, 5.41) is 0. The number of carbonyl (C=O) groups excluding carboxylic acids is 1. The normalized spacial score (nSPS) is 10.1. The van der Waals surface area contributed by atoms with Crippen LogP contribution < -0.4 is 5.73 Å². The van der Waals surface area contributed by atoms with Gasteiger partial charge in [0.2, 0.25) is 0 Å². The third-order valence-corrected chi connectivity index (χ3v) is 3.53. The van der Waals surface area contributed by atoms with Gasteiger partial charge >= 0.3 is 5.97 Å². The fourth-order valence-electron chi connectivity index (χ4n) is 1.34. The lowest BCUT2D eigenvalue weighted by Crippen LogP contribution is -2.08. The zero-order valence-electron chi connectivity index (χ0n) is 10.3. The van der Waals surface area contributed by atoms with E-state index in [1.807, 2.05) is 31.2 Å². The zero-order chi connectivity index (χ0) is 13.4. The number of rotatable bonds is 7. The molecule has 0 amide bonds. The van der Waals surface area contributed by atoms with Crippen LogP contribution in [0.15, 0.2) is 24.3 Å². The fraction of sp³-hybridized carbons (Fsp3) is 0.385. The summed E-state index contributed by atoms with van der Waals surface area (Å²) in [7, 11) is 0. The van der Waals surface area contributed by atoms with Gasteiger partial charge in [0.25, 0.3) is 0 Å². The minimum atomic E-state index is -0.131. The van der Waals surface area contributed by atoms with Gasteiger partial charge in [0.05, 0.1) is 13.0 Å². The molecular formula is C13H17NO2S2. The minimum Gasteiger partial charge on any atom is -0.466 e. The molecule has 0 saturated carbocycles. The molecule has 0 radical (unpaired) electrons. The Bertz CT molecular complexity index is 404. The summed E-state index contributed by atoms with van der Waals surface area (Å²) in [4.78, 5) is 11.5. The molecule has 0 aliphatic rings. The molecule has 0 saturated heterocycles. The molecule has 18 heavy (non-hydrogen) atoms. The monoisotopic (exact) mass is 283 g/mol. The Hall–Kier alpha value is -1.07. The Morgan fingerprint density at radius 3 is 2.61 bits per heavy atom. The van der Waals surface area contributed by atoms with Crippen LogP contribution in [0.3, 0.4) is 0 Å². The average molecular weight is 283 g/mol. The third kappa shape index (κ3) is 5.51. The van der Waals surface area contributed by atoms with Crippen LogP contribution in [-0.4, -0.2) is 23.3 Å². The minimum absolute atomic E-state index is 0.131. The number of carbonyl (C=O) groups is 1. The second-order valence-corrected chi connectivity index (χ2v) is 5.21. The molecule has 0 unspecified atom stereocenters. The number of hydrogen-bond donors (Lipinski definition) is 1. The molecule has 1 rings (SSSR count). The van der Waals surface area contributed by atoms with Crippen molar-refractivity contribution in [2.75, 3.05) is 12.4 Å². The van der Waals surface area contributed by atoms with E-state index < -0.39 is 0 Å². The second kappa shape index (κ2) is 8.11. The van der Waals surface area contributed by atoms with Crippen LogP contribution in [0.2, 0.25) is 0 Å². The van der Waals surface area contributed by atoms with E-state index in [2.05, 4.69) is 0 Å². The molecule has 0 fully saturated rings. The Balaban J connectivity index is 2.27. The summed E-state index contributed by atoms with van der Waals surface area (Å²) in [6.07, 6.45) is 0.462. The molecule has 1 aromatic carbocycles. The molecule has 0 atom stereocenters. The maximum absolute atomic E-state index is 11.1. The maximum Gasteiger partial charge on any atom is 0.306 e. The van der Waals surface area contributed by atoms with Gasteiger partial charge in [-0.05, 0) is 12.5 Å². The van der Waals surface area contributed by atoms with Gasteiger partial charge < -0.3 is 10.5 Å². The van der Waals surface area contributed by atoms with Gasteiger partial charge in [-0.2, -0.15) is 11.8 Å². The van der Waals surface area contributed by atoms with Gasteiger partial charge in [-0.3, -0.25) is 4.79 Å². The van der Waals surface area contributed by atoms with E-state index >= 15 is 0 Å². The van der Waals surface area contributed by atoms with E-state index in [0.29, 0.717) is 18.0 Å². The van der Waals surface area contributed by atoms with Gasteiger partial charge in [0.15, 0.2) is 0 Å². The van der Waals surface area contributed by atoms with Crippen LogP contribution in [0.25, 0.3) is 0 Å². The van der Waals surface area contributed by atoms with E-state index in [9.17, 15) is 4.79 Å². The van der Waals surface area contributed by atoms with Crippen molar-refractivity contribution in [3.63, 3.8) is 0 Å². The molecule has 0 spiro atoms. The molecule has 0 aromatic heterocycles. The zero-order valence-corrected chi connectivity index (χ0v) is 12.0. The van der Waals surface area contributed by atoms with Gasteiger partial charge in [-0.1, -0.05) is 36.5 Å². The molecule has 0 aliphatic heterocycles. The Labute approximate surface area is 117 Å². The molecule has 5 heteroatoms. The number of ether oxygens (including phenoxy) is 1. The van der Waals surface area contributed by atoms with E-state index in [1.165, 1.54) is 5.56 Å². The number of thioether (sulfide) groups is 1. The predicted molar refractivity (Wildman–Crippen MR) is 79.7 cm³/mol. The van der Waals surface area contributed by atoms with Crippen LogP contribution in [0.4, 0.5) is 0 Å². The van der Waals surface area contributed by atoms with Crippen molar-refractivity contribution in [1.82, 2.24) is 0 Å². The highest BCUT2D eigenvalue weighted by Crippen LogP contribution is 2.14. The largest absolute Gasteiger partial charge is 0.466 e. The molecular weight excluding hydrogens is 266 g/mol. The number of thiocarbonyl (C=S) groups is 1. The number of esters is 1. The Morgan fingerprint density at radius 1 is 1.39 bits per heavy atom. The molecule has 3 nitrogen and oxygen atoms in total. The third-order valence-electron chi connectivity index (χ3n) is 2.26. The lowest BCUT2D eigenvalue weighted by atomic mass is 10.1. The number of nitrogens with two attached hydrogens (primary N) is 1. The first-order valence-electron chi connectivity index (χ1n) is 5.75. The Morgan fingerprint density at radius 2 is 2.06 bits per heavy atom. The standard InChI is InChI=1S/C13H17NO2S2/c1-2-16-12(15)7-8-18-9-10-3-5-11(6-4-10)13(14)17/h3-6H,2,7-9H2,1H3,(H2,14,17). The van der Waals surface area contributed by atoms with Crippen LogP contribution in [-0.2, 0) is 15.3 Å². The predicted octanol–water partition coefficient (Wildman–Crippen LogP) is 2.51. The van der Waals surface area contributed by atoms with Crippen molar-refractivity contribution in [3.8, 4) is 0 Å². The highest BCUT2D eigenvalue weighted by Gasteiger charge is 2.02. The molecule has 1 aromatic rings. The maximum atomic E-state index is 11.1. The number of hydrogen-bond acceptors (Lipinski definition) is 4. The van der Waals surface area contributed by atoms with Crippen LogP contribution in [0.5, 0.6) is 0 Å². The molecule has 0 heterocycles. The second-order valence-electron chi connectivity index (χ2n) is 3.67. The highest BCUT2D eigenvalue weighted by atomic mass is 32.2. The SMILES string of the molecule is CCOC(=O)CCSCc1ccc(C(N)=S)cc1. The van der Waals surface area contributed by atoms with Crippen molar-refractivity contribution < 1.29 is 9.53 Å². The summed E-state index contributed by atoms with van der Waals surface area (Å²) in [5.74, 6) is 1.52. The van der Waals surface area contributed by atoms with Crippen molar-refractivity contribution in [2.45, 2.75) is 19.1 Å². The summed E-state index contributed by atoms with van der Waals surface area (Å²) in [5.41, 5.74) is 7.60. The summed E-state index contributed by atoms with van der Waals surface area (Å²) in [6, 6.07) is 7.85. The first kappa shape index (κ1) is 15.0. The first-order valence-corrected chi connectivity index (χ1v) is 7.32. The van der Waals surface area contributed by atoms with E-state index in [0.717, 1.165) is 17.1 Å². The van der Waals surface area contributed by atoms with Crippen molar-refractivity contribution in [2.24, 2.45) is 5.73 Å². The van der Waals surface area contributed by atoms with Crippen molar-refractivity contribution >= 4 is 34.9 Å². The average Bonchev–Trinajstić information content (AvgIpc) is 2.35. The van der Waals surface area contributed by atoms with E-state index in [1.54, 1.807) is 11.8 Å². The quantitative estimate of drug-likeness (QED) is 0.473. The van der Waals surface area contributed by atoms with E-state index in [4.69, 9.17) is 22.7 Å². The van der Waals surface area contributed by atoms with Crippen LogP contribution in [0.1, 0.15) is 24.5 Å². The van der Waals surface area contributed by atoms with Crippen molar-refractivity contribution in [1.29, 1.82) is 0 Å². The van der Waals surface area contributed by atoms with Crippen molar-refractivity contribution in [3.05, 3.63) is 35.4 Å². The summed E-state index contributed by atoms with van der Waals surface area (Å²) in [6.45, 7) is 2.26. The van der Waals surface area contributed by atoms with E-state index in [-0.39, 0.29) is 5.97 Å². The van der Waals surface area contributed by atoms with Gasteiger partial charge in [-0.15, -0.1) is 0 Å². The lowest BCUT2D eigenvalue weighted by Gasteiger charge is -2.04. The number of benzene rings is 1. The summed E-state index contributed by atoms with van der Waals surface area (Å²) >= 11 is 6.60. The fourth-order valence-corrected chi connectivity index (χ4v) is 2.36. The topological polar surface area (TPSA) is 52.3 Å². The highest BCUT2D eigenvalue weighted by molar-refractivity contribution is 7.98. The molecule has 2 N–H and O–H groups in total. The van der Waals surface area contributed by atoms with Gasteiger partial charge in [0, 0.05) is 17.1 Å². The lowest BCUT2D eigenvalue weighted by molar-refractivity contribution is -0.142. The molecule has 0 aliphatic carbocycles. The molecule has 0 bridgehead atoms. The first-order chi connectivity index (χ1) is 8.63. The summed E-state index contributed by atoms with van der Waals surface area (Å²) < 4.78 is 4.86.